The van der Waals surface area contributed by atoms with Crippen LogP contribution in [0.2, 0.25) is 0 Å². The average molecular weight is 244 g/mol. The molecule has 3 rings (SSSR count). The Labute approximate surface area is 81.6 Å². The molecule has 0 aromatic carbocycles. The molecular weight excluding hydrogens is 238 g/mol. The van der Waals surface area contributed by atoms with Crippen LogP contribution in [0.4, 0.5) is 0 Å². The zero-order valence-corrected chi connectivity index (χ0v) is 8.65. The van der Waals surface area contributed by atoms with E-state index in [2.05, 4.69) is 26.0 Å². The lowest BCUT2D eigenvalue weighted by molar-refractivity contribution is 0.831. The van der Waals surface area contributed by atoms with E-state index in [4.69, 9.17) is 0 Å². The Morgan fingerprint density at radius 1 is 1.42 bits per heavy atom. The van der Waals surface area contributed by atoms with Gasteiger partial charge in [0, 0.05) is 0 Å². The van der Waals surface area contributed by atoms with Crippen LogP contribution in [0.1, 0.15) is 17.8 Å². The maximum absolute atomic E-state index is 4.50. The van der Waals surface area contributed by atoms with Crippen LogP contribution in [-0.2, 0) is 12.8 Å². The van der Waals surface area contributed by atoms with Crippen molar-refractivity contribution in [2.24, 2.45) is 0 Å². The molecule has 2 aromatic rings. The van der Waals surface area contributed by atoms with Crippen molar-refractivity contribution in [2.45, 2.75) is 19.3 Å². The van der Waals surface area contributed by atoms with Crippen molar-refractivity contribution >= 4 is 32.2 Å². The molecule has 0 saturated heterocycles. The first kappa shape index (κ1) is 7.03. The van der Waals surface area contributed by atoms with Crippen molar-refractivity contribution in [3.05, 3.63) is 15.3 Å². The largest absolute Gasteiger partial charge is 0.222 e. The van der Waals surface area contributed by atoms with Crippen molar-refractivity contribution in [1.82, 2.24) is 14.6 Å². The minimum absolute atomic E-state index is 0.916. The Hall–Kier alpha value is -0.420. The molecule has 0 N–H and O–H groups in total. The lowest BCUT2D eigenvalue weighted by atomic mass is 10.4. The molecule has 2 heterocycles. The van der Waals surface area contributed by atoms with Crippen molar-refractivity contribution in [3.8, 4) is 0 Å². The number of hydrogen-bond donors (Lipinski definition) is 0. The van der Waals surface area contributed by atoms with Gasteiger partial charge in [0.1, 0.15) is 0 Å². The van der Waals surface area contributed by atoms with Gasteiger partial charge in [-0.2, -0.15) is 0 Å². The number of nitrogens with zero attached hydrogens (tertiary/aromatic N) is 3. The van der Waals surface area contributed by atoms with Crippen LogP contribution in [0.25, 0.3) is 4.96 Å². The molecule has 1 aliphatic carbocycles. The quantitative estimate of drug-likeness (QED) is 0.709. The van der Waals surface area contributed by atoms with E-state index in [1.807, 2.05) is 4.52 Å². The van der Waals surface area contributed by atoms with E-state index in [1.165, 1.54) is 17.8 Å². The summed E-state index contributed by atoms with van der Waals surface area (Å²) in [6, 6.07) is 0. The molecule has 1 aliphatic rings. The predicted octanol–water partition coefficient (Wildman–Crippen LogP) is 2.04. The van der Waals surface area contributed by atoms with Crippen LogP contribution in [0.15, 0.2) is 3.92 Å². The number of aryl methyl sites for hydroxylation is 2. The fraction of sp³-hybridized carbons (Fsp3) is 0.429. The molecule has 3 nitrogen and oxygen atoms in total. The summed E-state index contributed by atoms with van der Waals surface area (Å²) in [5.74, 6) is 0. The molecule has 0 aliphatic heterocycles. The lowest BCUT2D eigenvalue weighted by Crippen LogP contribution is -1.89. The Bertz CT molecular complexity index is 445. The van der Waals surface area contributed by atoms with E-state index in [1.54, 1.807) is 11.3 Å². The summed E-state index contributed by atoms with van der Waals surface area (Å²) in [5, 5.41) is 4.33. The van der Waals surface area contributed by atoms with Crippen molar-refractivity contribution in [3.63, 3.8) is 0 Å². The van der Waals surface area contributed by atoms with E-state index < -0.39 is 0 Å². The molecule has 0 bridgehead atoms. The third-order valence-electron chi connectivity index (χ3n) is 2.18. The van der Waals surface area contributed by atoms with Crippen LogP contribution < -0.4 is 0 Å². The first-order chi connectivity index (χ1) is 5.84. The summed E-state index contributed by atoms with van der Waals surface area (Å²) in [6.07, 6.45) is 3.49. The molecule has 0 unspecified atom stereocenters. The highest BCUT2D eigenvalue weighted by molar-refractivity contribution is 9.11. The second-order valence-electron chi connectivity index (χ2n) is 2.91. The number of aromatic nitrogens is 3. The molecule has 12 heavy (non-hydrogen) atoms. The van der Waals surface area contributed by atoms with Crippen LogP contribution in [0, 0.1) is 0 Å². The topological polar surface area (TPSA) is 30.2 Å². The summed E-state index contributed by atoms with van der Waals surface area (Å²) >= 11 is 4.95. The highest BCUT2D eigenvalue weighted by atomic mass is 79.9. The summed E-state index contributed by atoms with van der Waals surface area (Å²) in [4.78, 5) is 5.52. The van der Waals surface area contributed by atoms with Gasteiger partial charge in [0.05, 0.1) is 11.4 Å². The first-order valence-corrected chi connectivity index (χ1v) is 5.48. The number of halogens is 1. The fourth-order valence-corrected chi connectivity index (χ4v) is 2.94. The molecule has 0 atom stereocenters. The monoisotopic (exact) mass is 243 g/mol. The molecule has 62 valence electrons. The first-order valence-electron chi connectivity index (χ1n) is 3.87. The number of fused-ring (bicyclic) bond motifs is 3. The zero-order chi connectivity index (χ0) is 8.13. The van der Waals surface area contributed by atoms with Gasteiger partial charge in [-0.15, -0.1) is 5.10 Å². The van der Waals surface area contributed by atoms with Gasteiger partial charge in [-0.3, -0.25) is 0 Å². The Balaban J connectivity index is 2.40. The van der Waals surface area contributed by atoms with Gasteiger partial charge in [-0.1, -0.05) is 11.3 Å². The molecule has 0 spiro atoms. The van der Waals surface area contributed by atoms with E-state index in [9.17, 15) is 0 Å². The summed E-state index contributed by atoms with van der Waals surface area (Å²) < 4.78 is 2.89. The molecule has 0 radical (unpaired) electrons. The average Bonchev–Trinajstić information content (AvgIpc) is 2.59. The Kier molecular flexibility index (Phi) is 1.34. The number of imidazole rings is 1. The summed E-state index contributed by atoms with van der Waals surface area (Å²) in [7, 11) is 0. The summed E-state index contributed by atoms with van der Waals surface area (Å²) in [5.41, 5.74) is 2.56. The fourth-order valence-electron chi connectivity index (χ4n) is 1.68. The van der Waals surface area contributed by atoms with Gasteiger partial charge < -0.3 is 0 Å². The third kappa shape index (κ3) is 0.806. The molecule has 0 saturated carbocycles. The van der Waals surface area contributed by atoms with Crippen molar-refractivity contribution < 1.29 is 0 Å². The second-order valence-corrected chi connectivity index (χ2v) is 5.14. The highest BCUT2D eigenvalue weighted by Crippen LogP contribution is 2.27. The molecule has 0 amide bonds. The van der Waals surface area contributed by atoms with Gasteiger partial charge in [0.15, 0.2) is 3.92 Å². The van der Waals surface area contributed by atoms with E-state index in [0.717, 1.165) is 21.7 Å². The predicted molar refractivity (Wildman–Crippen MR) is 50.6 cm³/mol. The normalized spacial score (nSPS) is 15.8. The molecule has 0 fully saturated rings. The van der Waals surface area contributed by atoms with Crippen molar-refractivity contribution in [1.29, 1.82) is 0 Å². The number of rotatable bonds is 0. The van der Waals surface area contributed by atoms with Crippen LogP contribution in [0.5, 0.6) is 0 Å². The number of hydrogen-bond acceptors (Lipinski definition) is 3. The van der Waals surface area contributed by atoms with E-state index in [0.29, 0.717) is 0 Å². The van der Waals surface area contributed by atoms with Gasteiger partial charge in [-0.25, -0.2) is 9.50 Å². The molecule has 2 aromatic heterocycles. The minimum atomic E-state index is 0.916. The highest BCUT2D eigenvalue weighted by Gasteiger charge is 2.19. The maximum atomic E-state index is 4.50. The second kappa shape index (κ2) is 2.29. The van der Waals surface area contributed by atoms with Crippen LogP contribution >= 0.6 is 27.3 Å². The lowest BCUT2D eigenvalue weighted by Gasteiger charge is -1.86. The Morgan fingerprint density at radius 3 is 3.25 bits per heavy atom. The SMILES string of the molecule is Brc1nn2c3c(nc2s1)CCC3. The summed E-state index contributed by atoms with van der Waals surface area (Å²) in [6.45, 7) is 0. The molecule has 5 heteroatoms. The minimum Gasteiger partial charge on any atom is -0.222 e. The third-order valence-corrected chi connectivity index (χ3v) is 3.52. The maximum Gasteiger partial charge on any atom is 0.213 e. The molecular formula is C7H6BrN3S. The standard InChI is InChI=1S/C7H6BrN3S/c8-6-10-11-5-3-1-2-4(5)9-7(11)12-6/h1-3H2. The van der Waals surface area contributed by atoms with E-state index in [-0.39, 0.29) is 0 Å². The van der Waals surface area contributed by atoms with Crippen LogP contribution in [-0.4, -0.2) is 14.6 Å². The van der Waals surface area contributed by atoms with Crippen LogP contribution in [0.3, 0.4) is 0 Å². The smallest absolute Gasteiger partial charge is 0.213 e. The van der Waals surface area contributed by atoms with Gasteiger partial charge in [-0.05, 0) is 35.2 Å². The van der Waals surface area contributed by atoms with Gasteiger partial charge in [0.25, 0.3) is 0 Å². The van der Waals surface area contributed by atoms with Gasteiger partial charge >= 0.3 is 0 Å². The Morgan fingerprint density at radius 2 is 2.33 bits per heavy atom. The van der Waals surface area contributed by atoms with Gasteiger partial charge in [0.2, 0.25) is 4.96 Å². The van der Waals surface area contributed by atoms with Crippen molar-refractivity contribution in [2.75, 3.05) is 0 Å². The zero-order valence-electron chi connectivity index (χ0n) is 6.25. The van der Waals surface area contributed by atoms with E-state index >= 15 is 0 Å².